The molecule has 1 fully saturated rings. The zero-order valence-corrected chi connectivity index (χ0v) is 16.9. The van der Waals surface area contributed by atoms with E-state index in [2.05, 4.69) is 22.9 Å². The Hall–Kier alpha value is -2.37. The minimum absolute atomic E-state index is 0. The first-order valence-electron chi connectivity index (χ1n) is 9.54. The number of hydrogen-bond donors (Lipinski definition) is 3. The molecule has 2 amide bonds. The highest BCUT2D eigenvalue weighted by atomic mass is 35.5. The molecule has 2 aromatic carbocycles. The molecule has 0 aliphatic carbocycles. The van der Waals surface area contributed by atoms with Crippen LogP contribution in [0.1, 0.15) is 41.7 Å². The summed E-state index contributed by atoms with van der Waals surface area (Å²) in [5.74, 6) is 0.229. The summed E-state index contributed by atoms with van der Waals surface area (Å²) in [5, 5.41) is 9.47. The molecular weight excluding hydrogens is 374 g/mol. The van der Waals surface area contributed by atoms with E-state index in [1.807, 2.05) is 48.5 Å². The number of piperidine rings is 1. The molecule has 0 bridgehead atoms. The van der Waals surface area contributed by atoms with Crippen LogP contribution >= 0.6 is 12.4 Å². The van der Waals surface area contributed by atoms with E-state index in [-0.39, 0.29) is 42.7 Å². The van der Waals surface area contributed by atoms with Gasteiger partial charge in [0.15, 0.2) is 0 Å². The summed E-state index contributed by atoms with van der Waals surface area (Å²) >= 11 is 0. The third-order valence-electron chi connectivity index (χ3n) is 5.11. The van der Waals surface area contributed by atoms with Crippen molar-refractivity contribution in [2.75, 3.05) is 13.1 Å². The molecule has 0 radical (unpaired) electrons. The van der Waals surface area contributed by atoms with Crippen molar-refractivity contribution < 1.29 is 9.59 Å². The van der Waals surface area contributed by atoms with Crippen LogP contribution in [0.15, 0.2) is 60.7 Å². The Morgan fingerprint density at radius 3 is 2.36 bits per heavy atom. The first-order chi connectivity index (χ1) is 13.1. The predicted molar refractivity (Wildman–Crippen MR) is 114 cm³/mol. The van der Waals surface area contributed by atoms with Crippen LogP contribution in [0.3, 0.4) is 0 Å². The van der Waals surface area contributed by atoms with E-state index in [9.17, 15) is 9.59 Å². The number of amides is 2. The summed E-state index contributed by atoms with van der Waals surface area (Å²) in [6.07, 6.45) is 1.27. The molecule has 3 rings (SSSR count). The van der Waals surface area contributed by atoms with E-state index in [1.165, 1.54) is 0 Å². The number of carbonyl (C=O) groups excluding carboxylic acids is 2. The van der Waals surface area contributed by atoms with E-state index in [0.29, 0.717) is 11.5 Å². The summed E-state index contributed by atoms with van der Waals surface area (Å²) in [6, 6.07) is 18.5. The van der Waals surface area contributed by atoms with E-state index < -0.39 is 0 Å². The Morgan fingerprint density at radius 1 is 1.07 bits per heavy atom. The Kier molecular flexibility index (Phi) is 8.48. The second kappa shape index (κ2) is 10.8. The molecule has 1 aliphatic rings. The van der Waals surface area contributed by atoms with Crippen LogP contribution in [0, 0.1) is 5.92 Å². The van der Waals surface area contributed by atoms with Gasteiger partial charge in [0.05, 0.1) is 12.5 Å². The summed E-state index contributed by atoms with van der Waals surface area (Å²) in [5.41, 5.74) is 1.51. The van der Waals surface area contributed by atoms with Gasteiger partial charge in [-0.3, -0.25) is 9.59 Å². The van der Waals surface area contributed by atoms with Gasteiger partial charge in [0.2, 0.25) is 5.91 Å². The first-order valence-corrected chi connectivity index (χ1v) is 9.54. The molecule has 0 saturated carbocycles. The molecule has 150 valence electrons. The highest BCUT2D eigenvalue weighted by molar-refractivity contribution is 5.94. The molecule has 3 N–H and O–H groups in total. The molecule has 2 aromatic rings. The van der Waals surface area contributed by atoms with Gasteiger partial charge in [-0.25, -0.2) is 0 Å². The normalized spacial score (nSPS) is 19.8. The summed E-state index contributed by atoms with van der Waals surface area (Å²) in [7, 11) is 0. The lowest BCUT2D eigenvalue weighted by molar-refractivity contribution is -0.122. The summed E-state index contributed by atoms with van der Waals surface area (Å²) in [4.78, 5) is 25.3. The van der Waals surface area contributed by atoms with Gasteiger partial charge in [-0.15, -0.1) is 12.4 Å². The van der Waals surface area contributed by atoms with Crippen molar-refractivity contribution >= 4 is 24.2 Å². The highest BCUT2D eigenvalue weighted by Crippen LogP contribution is 2.19. The van der Waals surface area contributed by atoms with Crippen molar-refractivity contribution in [3.8, 4) is 0 Å². The maximum atomic E-state index is 12.7. The van der Waals surface area contributed by atoms with Crippen LogP contribution in [0.2, 0.25) is 0 Å². The van der Waals surface area contributed by atoms with Gasteiger partial charge in [-0.2, -0.15) is 0 Å². The van der Waals surface area contributed by atoms with Crippen LogP contribution in [-0.4, -0.2) is 30.9 Å². The Morgan fingerprint density at radius 2 is 1.71 bits per heavy atom. The lowest BCUT2D eigenvalue weighted by Crippen LogP contribution is -2.50. The fourth-order valence-electron chi connectivity index (χ4n) is 3.40. The van der Waals surface area contributed by atoms with Crippen molar-refractivity contribution in [2.45, 2.75) is 31.8 Å². The van der Waals surface area contributed by atoms with Crippen LogP contribution in [0.5, 0.6) is 0 Å². The minimum atomic E-state index is -0.370. The van der Waals surface area contributed by atoms with Gasteiger partial charge in [0.25, 0.3) is 5.91 Å². The van der Waals surface area contributed by atoms with Gasteiger partial charge >= 0.3 is 0 Å². The van der Waals surface area contributed by atoms with Gasteiger partial charge in [-0.1, -0.05) is 55.5 Å². The topological polar surface area (TPSA) is 70.2 Å². The zero-order chi connectivity index (χ0) is 19.1. The molecule has 5 nitrogen and oxygen atoms in total. The van der Waals surface area contributed by atoms with E-state index in [1.54, 1.807) is 12.1 Å². The number of hydrogen-bond acceptors (Lipinski definition) is 3. The number of carbonyl (C=O) groups is 2. The average Bonchev–Trinajstić information content (AvgIpc) is 2.70. The number of nitrogens with one attached hydrogen (secondary N) is 3. The first kappa shape index (κ1) is 21.9. The Labute approximate surface area is 172 Å². The number of halogens is 1. The average molecular weight is 402 g/mol. The maximum Gasteiger partial charge on any atom is 0.251 e. The second-order valence-corrected chi connectivity index (χ2v) is 7.15. The number of rotatable bonds is 6. The van der Waals surface area contributed by atoms with E-state index >= 15 is 0 Å². The SMILES string of the molecule is CC1CCNCC1NC(=O)CC(NC(=O)c1ccccc1)c1ccccc1.Cl. The molecule has 1 saturated heterocycles. The minimum Gasteiger partial charge on any atom is -0.352 e. The van der Waals surface area contributed by atoms with E-state index in [0.717, 1.165) is 25.1 Å². The van der Waals surface area contributed by atoms with E-state index in [4.69, 9.17) is 0 Å². The van der Waals surface area contributed by atoms with Gasteiger partial charge in [0.1, 0.15) is 0 Å². The van der Waals surface area contributed by atoms with Crippen molar-refractivity contribution in [3.63, 3.8) is 0 Å². The molecule has 0 aromatic heterocycles. The van der Waals surface area contributed by atoms with Crippen LogP contribution in [-0.2, 0) is 4.79 Å². The van der Waals surface area contributed by atoms with Crippen LogP contribution < -0.4 is 16.0 Å². The van der Waals surface area contributed by atoms with Gasteiger partial charge < -0.3 is 16.0 Å². The maximum absolute atomic E-state index is 12.7. The second-order valence-electron chi connectivity index (χ2n) is 7.15. The predicted octanol–water partition coefficient (Wildman–Crippen LogP) is 3.08. The monoisotopic (exact) mass is 401 g/mol. The van der Waals surface area contributed by atoms with Gasteiger partial charge in [0, 0.05) is 18.2 Å². The summed E-state index contributed by atoms with van der Waals surface area (Å²) < 4.78 is 0. The van der Waals surface area contributed by atoms with Crippen molar-refractivity contribution in [1.82, 2.24) is 16.0 Å². The van der Waals surface area contributed by atoms with Crippen LogP contribution in [0.25, 0.3) is 0 Å². The zero-order valence-electron chi connectivity index (χ0n) is 16.1. The van der Waals surface area contributed by atoms with Crippen molar-refractivity contribution in [3.05, 3.63) is 71.8 Å². The molecular formula is C22H28ClN3O2. The summed E-state index contributed by atoms with van der Waals surface area (Å²) in [6.45, 7) is 3.95. The molecule has 0 spiro atoms. The molecule has 1 heterocycles. The van der Waals surface area contributed by atoms with Crippen molar-refractivity contribution in [1.29, 1.82) is 0 Å². The lowest BCUT2D eigenvalue weighted by atomic mass is 9.94. The number of benzene rings is 2. The smallest absolute Gasteiger partial charge is 0.251 e. The molecule has 1 aliphatic heterocycles. The van der Waals surface area contributed by atoms with Crippen molar-refractivity contribution in [2.24, 2.45) is 5.92 Å². The molecule has 3 atom stereocenters. The fraction of sp³-hybridized carbons (Fsp3) is 0.364. The standard InChI is InChI=1S/C22H27N3O2.ClH/c1-16-12-13-23-15-20(16)24-21(26)14-19(17-8-4-2-5-9-17)25-22(27)18-10-6-3-7-11-18;/h2-11,16,19-20,23H,12-15H2,1H3,(H,24,26)(H,25,27);1H. The van der Waals surface area contributed by atoms with Crippen LogP contribution in [0.4, 0.5) is 0 Å². The molecule has 28 heavy (non-hydrogen) atoms. The lowest BCUT2D eigenvalue weighted by Gasteiger charge is -2.31. The molecule has 3 unspecified atom stereocenters. The largest absolute Gasteiger partial charge is 0.352 e. The fourth-order valence-corrected chi connectivity index (χ4v) is 3.40. The Bertz CT molecular complexity index is 755. The quantitative estimate of drug-likeness (QED) is 0.696. The molecule has 6 heteroatoms. The third kappa shape index (κ3) is 6.08. The van der Waals surface area contributed by atoms with Gasteiger partial charge in [-0.05, 0) is 36.6 Å². The highest BCUT2D eigenvalue weighted by Gasteiger charge is 2.25. The third-order valence-corrected chi connectivity index (χ3v) is 5.11. The Balaban J connectivity index is 0.00000280.